The zero-order valence-electron chi connectivity index (χ0n) is 10.6. The van der Waals surface area contributed by atoms with Gasteiger partial charge in [-0.15, -0.1) is 0 Å². The first-order valence-corrected chi connectivity index (χ1v) is 6.36. The molecule has 1 N–H and O–H groups in total. The highest BCUT2D eigenvalue weighted by Crippen LogP contribution is 2.35. The van der Waals surface area contributed by atoms with Crippen LogP contribution in [0.25, 0.3) is 0 Å². The van der Waals surface area contributed by atoms with Crippen LogP contribution in [-0.4, -0.2) is 16.1 Å². The van der Waals surface area contributed by atoms with E-state index in [4.69, 9.17) is 0 Å². The van der Waals surface area contributed by atoms with Crippen LogP contribution >= 0.6 is 0 Å². The third-order valence-electron chi connectivity index (χ3n) is 3.49. The lowest BCUT2D eigenvalue weighted by molar-refractivity contribution is -0.148. The Morgan fingerprint density at radius 1 is 1.33 bits per heavy atom. The maximum atomic E-state index is 13.1. The van der Waals surface area contributed by atoms with Gasteiger partial charge in [-0.05, 0) is 12.8 Å². The molecular weight excluding hydrogens is 243 g/mol. The number of imidazole rings is 1. The van der Waals surface area contributed by atoms with Crippen LogP contribution in [0.3, 0.4) is 0 Å². The van der Waals surface area contributed by atoms with Crippen LogP contribution < -0.4 is 5.32 Å². The van der Waals surface area contributed by atoms with Crippen LogP contribution in [0.1, 0.15) is 49.9 Å². The highest BCUT2D eigenvalue weighted by molar-refractivity contribution is 5.22. The Hall–Kier alpha value is -1.04. The van der Waals surface area contributed by atoms with Gasteiger partial charge in [0.15, 0.2) is 0 Å². The third-order valence-corrected chi connectivity index (χ3v) is 3.49. The summed E-state index contributed by atoms with van der Waals surface area (Å²) in [6.07, 6.45) is -2.37. The number of halogens is 3. The molecule has 1 aliphatic heterocycles. The Labute approximate surface area is 104 Å². The van der Waals surface area contributed by atoms with E-state index < -0.39 is 12.0 Å². The minimum absolute atomic E-state index is 0.115. The number of nitrogens with one attached hydrogen (secondary N) is 1. The molecule has 0 spiro atoms. The van der Waals surface area contributed by atoms with Crippen LogP contribution in [0.15, 0.2) is 0 Å². The largest absolute Gasteiger partial charge is 0.449 e. The fourth-order valence-electron chi connectivity index (χ4n) is 2.58. The fourth-order valence-corrected chi connectivity index (χ4v) is 2.58. The lowest BCUT2D eigenvalue weighted by Crippen LogP contribution is -2.26. The minimum atomic E-state index is -4.38. The van der Waals surface area contributed by atoms with E-state index in [9.17, 15) is 13.2 Å². The van der Waals surface area contributed by atoms with Crippen LogP contribution in [0.2, 0.25) is 0 Å². The average molecular weight is 261 g/mol. The van der Waals surface area contributed by atoms with Gasteiger partial charge in [0, 0.05) is 31.2 Å². The van der Waals surface area contributed by atoms with Crippen molar-refractivity contribution < 1.29 is 13.2 Å². The summed E-state index contributed by atoms with van der Waals surface area (Å²) in [5.41, 5.74) is 1.32. The second-order valence-corrected chi connectivity index (χ2v) is 4.59. The van der Waals surface area contributed by atoms with Gasteiger partial charge in [-0.1, -0.05) is 13.8 Å². The van der Waals surface area contributed by atoms with E-state index in [1.165, 1.54) is 4.57 Å². The van der Waals surface area contributed by atoms with Crippen molar-refractivity contribution in [3.05, 3.63) is 17.2 Å². The summed E-state index contributed by atoms with van der Waals surface area (Å²) in [5.74, 6) is -0.732. The Morgan fingerprint density at radius 3 is 2.56 bits per heavy atom. The second kappa shape index (κ2) is 4.91. The van der Waals surface area contributed by atoms with E-state index in [-0.39, 0.29) is 6.04 Å². The van der Waals surface area contributed by atoms with Gasteiger partial charge in [0.25, 0.3) is 0 Å². The maximum absolute atomic E-state index is 13.1. The van der Waals surface area contributed by atoms with Crippen molar-refractivity contribution in [3.63, 3.8) is 0 Å². The predicted octanol–water partition coefficient (Wildman–Crippen LogP) is 2.91. The maximum Gasteiger partial charge on any atom is 0.449 e. The fraction of sp³-hybridized carbons (Fsp3) is 0.750. The minimum Gasteiger partial charge on any atom is -0.321 e. The normalized spacial score (nSPS) is 16.1. The Balaban J connectivity index is 2.55. The summed E-state index contributed by atoms with van der Waals surface area (Å²) in [7, 11) is 0. The molecule has 6 heteroatoms. The van der Waals surface area contributed by atoms with E-state index in [0.29, 0.717) is 31.5 Å². The molecule has 18 heavy (non-hydrogen) atoms. The van der Waals surface area contributed by atoms with Crippen molar-refractivity contribution in [3.8, 4) is 0 Å². The highest BCUT2D eigenvalue weighted by atomic mass is 19.4. The number of aromatic nitrogens is 2. The van der Waals surface area contributed by atoms with E-state index in [1.807, 2.05) is 13.8 Å². The molecule has 0 bridgehead atoms. The monoisotopic (exact) mass is 261 g/mol. The molecule has 2 heterocycles. The van der Waals surface area contributed by atoms with Gasteiger partial charge >= 0.3 is 6.18 Å². The van der Waals surface area contributed by atoms with Crippen LogP contribution in [-0.2, 0) is 19.1 Å². The molecule has 0 saturated heterocycles. The first kappa shape index (κ1) is 13.4. The Kier molecular flexibility index (Phi) is 3.66. The van der Waals surface area contributed by atoms with Gasteiger partial charge < -0.3 is 9.88 Å². The molecule has 0 aromatic carbocycles. The van der Waals surface area contributed by atoms with Gasteiger partial charge in [0.05, 0.1) is 5.69 Å². The van der Waals surface area contributed by atoms with E-state index >= 15 is 0 Å². The smallest absolute Gasteiger partial charge is 0.321 e. The topological polar surface area (TPSA) is 29.9 Å². The number of hydrogen-bond donors (Lipinski definition) is 1. The zero-order chi connectivity index (χ0) is 13.3. The molecule has 1 aromatic heterocycles. The number of alkyl halides is 3. The molecular formula is C12H18F3N3. The molecule has 3 nitrogen and oxygen atoms in total. The number of nitrogens with zero attached hydrogens (tertiary/aromatic N) is 2. The quantitative estimate of drug-likeness (QED) is 0.906. The predicted molar refractivity (Wildman–Crippen MR) is 62.3 cm³/mol. The molecule has 0 atom stereocenters. The van der Waals surface area contributed by atoms with Gasteiger partial charge in [0.2, 0.25) is 5.82 Å². The molecule has 0 radical (unpaired) electrons. The first-order valence-electron chi connectivity index (χ1n) is 6.36. The van der Waals surface area contributed by atoms with E-state index in [0.717, 1.165) is 12.2 Å². The number of hydrogen-bond acceptors (Lipinski definition) is 2. The average Bonchev–Trinajstić information content (AvgIpc) is 2.71. The SMILES string of the molecule is CCC(CC)n1c(C(F)(F)F)nc2c1CCNC2. The summed E-state index contributed by atoms with van der Waals surface area (Å²) in [5, 5.41) is 3.06. The third kappa shape index (κ3) is 2.25. The number of rotatable bonds is 3. The van der Waals surface area contributed by atoms with Crippen LogP contribution in [0.5, 0.6) is 0 Å². The first-order chi connectivity index (χ1) is 8.49. The summed E-state index contributed by atoms with van der Waals surface area (Å²) in [4.78, 5) is 3.81. The van der Waals surface area contributed by atoms with E-state index in [2.05, 4.69) is 10.3 Å². The lowest BCUT2D eigenvalue weighted by Gasteiger charge is -2.23. The Bertz CT molecular complexity index is 419. The Morgan fingerprint density at radius 2 is 2.00 bits per heavy atom. The molecule has 0 saturated carbocycles. The highest BCUT2D eigenvalue weighted by Gasteiger charge is 2.40. The summed E-state index contributed by atoms with van der Waals surface area (Å²) in [6.45, 7) is 4.99. The van der Waals surface area contributed by atoms with Crippen LogP contribution in [0.4, 0.5) is 13.2 Å². The lowest BCUT2D eigenvalue weighted by atomic mass is 10.1. The molecule has 0 fully saturated rings. The molecule has 1 aromatic rings. The summed E-state index contributed by atoms with van der Waals surface area (Å²) >= 11 is 0. The van der Waals surface area contributed by atoms with Gasteiger partial charge in [-0.3, -0.25) is 0 Å². The summed E-state index contributed by atoms with van der Waals surface area (Å²) in [6, 6.07) is -0.115. The molecule has 2 rings (SSSR count). The van der Waals surface area contributed by atoms with E-state index in [1.54, 1.807) is 0 Å². The van der Waals surface area contributed by atoms with Gasteiger partial charge in [-0.2, -0.15) is 13.2 Å². The van der Waals surface area contributed by atoms with Gasteiger partial charge in [0.1, 0.15) is 0 Å². The molecule has 0 aliphatic carbocycles. The van der Waals surface area contributed by atoms with Crippen LogP contribution in [0, 0.1) is 0 Å². The zero-order valence-corrected chi connectivity index (χ0v) is 10.6. The van der Waals surface area contributed by atoms with Crippen molar-refractivity contribution >= 4 is 0 Å². The van der Waals surface area contributed by atoms with Crippen molar-refractivity contribution in [2.24, 2.45) is 0 Å². The van der Waals surface area contributed by atoms with Gasteiger partial charge in [-0.25, -0.2) is 4.98 Å². The molecule has 102 valence electrons. The molecule has 0 unspecified atom stereocenters. The van der Waals surface area contributed by atoms with Crippen molar-refractivity contribution in [1.82, 2.24) is 14.9 Å². The second-order valence-electron chi connectivity index (χ2n) is 4.59. The molecule has 1 aliphatic rings. The van der Waals surface area contributed by atoms with Crippen molar-refractivity contribution in [2.75, 3.05) is 6.54 Å². The van der Waals surface area contributed by atoms with Crippen molar-refractivity contribution in [1.29, 1.82) is 0 Å². The standard InChI is InChI=1S/C12H18F3N3/c1-3-8(4-2)18-10-5-6-16-7-9(10)17-11(18)12(13,14)15/h8,16H,3-7H2,1-2H3. The van der Waals surface area contributed by atoms with Crippen molar-refractivity contribution in [2.45, 2.75) is 51.9 Å². The number of fused-ring (bicyclic) bond motifs is 1. The summed E-state index contributed by atoms with van der Waals surface area (Å²) < 4.78 is 40.6. The molecule has 0 amide bonds.